The van der Waals surface area contributed by atoms with E-state index >= 15 is 0 Å². The summed E-state index contributed by atoms with van der Waals surface area (Å²) in [5.74, 6) is 0.262. The van der Waals surface area contributed by atoms with E-state index in [2.05, 4.69) is 4.99 Å². The Morgan fingerprint density at radius 2 is 1.31 bits per heavy atom. The van der Waals surface area contributed by atoms with Crippen LogP contribution in [0.4, 0.5) is 5.69 Å². The fourth-order valence-electron chi connectivity index (χ4n) is 2.27. The highest BCUT2D eigenvalue weighted by molar-refractivity contribution is 7.87. The van der Waals surface area contributed by atoms with Crippen LogP contribution in [-0.4, -0.2) is 14.6 Å². The largest absolute Gasteiger partial charge is 0.379 e. The van der Waals surface area contributed by atoms with Gasteiger partial charge in [0.2, 0.25) is 0 Å². The predicted octanol–water partition coefficient (Wildman–Crippen LogP) is 4.82. The van der Waals surface area contributed by atoms with Crippen LogP contribution in [0.15, 0.2) is 82.7 Å². The Hall–Kier alpha value is -2.92. The summed E-state index contributed by atoms with van der Waals surface area (Å²) in [5.41, 5.74) is 3.88. The van der Waals surface area contributed by atoms with Crippen LogP contribution in [0.2, 0.25) is 0 Å². The zero-order valence-electron chi connectivity index (χ0n) is 14.6. The van der Waals surface area contributed by atoms with Crippen molar-refractivity contribution < 1.29 is 12.6 Å². The van der Waals surface area contributed by atoms with Gasteiger partial charge < -0.3 is 4.18 Å². The fourth-order valence-corrected chi connectivity index (χ4v) is 3.20. The summed E-state index contributed by atoms with van der Waals surface area (Å²) in [6.07, 6.45) is 1.73. The first kappa shape index (κ1) is 17.9. The van der Waals surface area contributed by atoms with E-state index in [-0.39, 0.29) is 10.6 Å². The van der Waals surface area contributed by atoms with Crippen LogP contribution in [0, 0.1) is 13.8 Å². The third-order valence-corrected chi connectivity index (χ3v) is 5.05. The second-order valence-corrected chi connectivity index (χ2v) is 7.56. The average Bonchev–Trinajstić information content (AvgIpc) is 2.62. The number of hydrogen-bond donors (Lipinski definition) is 0. The smallest absolute Gasteiger partial charge is 0.339 e. The van der Waals surface area contributed by atoms with Crippen molar-refractivity contribution >= 4 is 22.0 Å². The van der Waals surface area contributed by atoms with Crippen LogP contribution in [0.1, 0.15) is 16.7 Å². The van der Waals surface area contributed by atoms with Gasteiger partial charge in [-0.15, -0.1) is 0 Å². The van der Waals surface area contributed by atoms with Gasteiger partial charge in [0.1, 0.15) is 10.6 Å². The summed E-state index contributed by atoms with van der Waals surface area (Å²) in [6.45, 7) is 3.92. The summed E-state index contributed by atoms with van der Waals surface area (Å²) in [6, 6.07) is 21.2. The molecule has 0 heterocycles. The Labute approximate surface area is 153 Å². The quantitative estimate of drug-likeness (QED) is 0.481. The van der Waals surface area contributed by atoms with Gasteiger partial charge in [-0.05, 0) is 67.9 Å². The van der Waals surface area contributed by atoms with E-state index in [1.165, 1.54) is 17.7 Å². The summed E-state index contributed by atoms with van der Waals surface area (Å²) in [7, 11) is -3.84. The van der Waals surface area contributed by atoms with Gasteiger partial charge in [-0.3, -0.25) is 4.99 Å². The van der Waals surface area contributed by atoms with Crippen molar-refractivity contribution in [2.75, 3.05) is 0 Å². The summed E-state index contributed by atoms with van der Waals surface area (Å²) < 4.78 is 29.8. The number of aliphatic imine (C=N–C) groups is 1. The first-order chi connectivity index (χ1) is 12.4. The van der Waals surface area contributed by atoms with Crippen molar-refractivity contribution in [2.24, 2.45) is 4.99 Å². The minimum Gasteiger partial charge on any atom is -0.379 e. The molecule has 5 heteroatoms. The zero-order valence-corrected chi connectivity index (χ0v) is 15.4. The van der Waals surface area contributed by atoms with Crippen molar-refractivity contribution in [2.45, 2.75) is 18.7 Å². The molecule has 0 aromatic heterocycles. The first-order valence-corrected chi connectivity index (χ1v) is 9.55. The Kier molecular flexibility index (Phi) is 5.19. The number of aryl methyl sites for hydroxylation is 2. The molecule has 132 valence electrons. The van der Waals surface area contributed by atoms with Gasteiger partial charge in [-0.25, -0.2) is 0 Å². The predicted molar refractivity (Wildman–Crippen MR) is 104 cm³/mol. The molecule has 0 aliphatic rings. The Balaban J connectivity index is 1.71. The minimum absolute atomic E-state index is 0.133. The highest BCUT2D eigenvalue weighted by Crippen LogP contribution is 2.20. The van der Waals surface area contributed by atoms with Gasteiger partial charge in [0.15, 0.2) is 0 Å². The van der Waals surface area contributed by atoms with Gasteiger partial charge >= 0.3 is 10.1 Å². The molecule has 0 unspecified atom stereocenters. The third kappa shape index (κ3) is 4.58. The maximum atomic E-state index is 12.3. The molecule has 4 nitrogen and oxygen atoms in total. The van der Waals surface area contributed by atoms with Crippen molar-refractivity contribution in [3.8, 4) is 5.75 Å². The second kappa shape index (κ2) is 7.54. The maximum absolute atomic E-state index is 12.3. The van der Waals surface area contributed by atoms with Crippen molar-refractivity contribution in [1.29, 1.82) is 0 Å². The maximum Gasteiger partial charge on any atom is 0.339 e. The molecule has 0 amide bonds. The summed E-state index contributed by atoms with van der Waals surface area (Å²) in [4.78, 5) is 4.53. The van der Waals surface area contributed by atoms with E-state index in [0.29, 0.717) is 0 Å². The van der Waals surface area contributed by atoms with Crippen LogP contribution >= 0.6 is 0 Å². The van der Waals surface area contributed by atoms with Crippen molar-refractivity contribution in [3.05, 3.63) is 89.5 Å². The lowest BCUT2D eigenvalue weighted by molar-refractivity contribution is 0.486. The molecule has 3 aromatic carbocycles. The normalized spacial score (nSPS) is 11.6. The van der Waals surface area contributed by atoms with E-state index in [1.54, 1.807) is 42.6 Å². The first-order valence-electron chi connectivity index (χ1n) is 8.14. The molecule has 0 N–H and O–H groups in total. The van der Waals surface area contributed by atoms with Crippen LogP contribution < -0.4 is 4.18 Å². The number of nitrogens with zero attached hydrogens (tertiary/aromatic N) is 1. The van der Waals surface area contributed by atoms with Gasteiger partial charge in [-0.1, -0.05) is 35.4 Å². The number of hydrogen-bond acceptors (Lipinski definition) is 4. The van der Waals surface area contributed by atoms with Crippen LogP contribution in [0.5, 0.6) is 5.75 Å². The highest BCUT2D eigenvalue weighted by Gasteiger charge is 2.16. The molecule has 26 heavy (non-hydrogen) atoms. The molecular formula is C21H19NO3S. The Morgan fingerprint density at radius 1 is 0.769 bits per heavy atom. The molecule has 0 bridgehead atoms. The standard InChI is InChI=1S/C21H19NO3S/c1-16-3-9-19(10-4-16)22-15-18-7-11-20(12-8-18)25-26(23,24)21-13-5-17(2)6-14-21/h3-15H,1-2H3. The monoisotopic (exact) mass is 365 g/mol. The average molecular weight is 365 g/mol. The SMILES string of the molecule is Cc1ccc(N=Cc2ccc(OS(=O)(=O)c3ccc(C)cc3)cc2)cc1. The van der Waals surface area contributed by atoms with E-state index in [0.717, 1.165) is 16.8 Å². The van der Waals surface area contributed by atoms with E-state index in [1.807, 2.05) is 38.1 Å². The molecule has 3 rings (SSSR count). The van der Waals surface area contributed by atoms with E-state index in [4.69, 9.17) is 4.18 Å². The molecule has 3 aromatic rings. The molecule has 0 fully saturated rings. The highest BCUT2D eigenvalue weighted by atomic mass is 32.2. The number of benzene rings is 3. The van der Waals surface area contributed by atoms with Crippen LogP contribution in [-0.2, 0) is 10.1 Å². The molecule has 0 radical (unpaired) electrons. The lowest BCUT2D eigenvalue weighted by Crippen LogP contribution is -2.09. The molecular weight excluding hydrogens is 346 g/mol. The van der Waals surface area contributed by atoms with Crippen molar-refractivity contribution in [1.82, 2.24) is 0 Å². The van der Waals surface area contributed by atoms with Gasteiger partial charge in [-0.2, -0.15) is 8.42 Å². The topological polar surface area (TPSA) is 55.7 Å². The summed E-state index contributed by atoms with van der Waals surface area (Å²) >= 11 is 0. The fraction of sp³-hybridized carbons (Fsp3) is 0.0952. The second-order valence-electron chi connectivity index (χ2n) is 6.01. The van der Waals surface area contributed by atoms with Gasteiger partial charge in [0, 0.05) is 6.21 Å². The lowest BCUT2D eigenvalue weighted by Gasteiger charge is -2.07. The Morgan fingerprint density at radius 3 is 1.88 bits per heavy atom. The molecule has 0 saturated carbocycles. The number of rotatable bonds is 5. The van der Waals surface area contributed by atoms with E-state index in [9.17, 15) is 8.42 Å². The molecule has 0 saturated heterocycles. The molecule has 0 aliphatic carbocycles. The Bertz CT molecular complexity index is 1000. The molecule has 0 aliphatic heterocycles. The van der Waals surface area contributed by atoms with Crippen LogP contribution in [0.3, 0.4) is 0 Å². The lowest BCUT2D eigenvalue weighted by atomic mass is 10.2. The van der Waals surface area contributed by atoms with Gasteiger partial charge in [0.05, 0.1) is 5.69 Å². The zero-order chi connectivity index (χ0) is 18.6. The third-order valence-electron chi connectivity index (χ3n) is 3.79. The van der Waals surface area contributed by atoms with Gasteiger partial charge in [0.25, 0.3) is 0 Å². The molecule has 0 atom stereocenters. The van der Waals surface area contributed by atoms with Crippen LogP contribution in [0.25, 0.3) is 0 Å². The van der Waals surface area contributed by atoms with Crippen molar-refractivity contribution in [3.63, 3.8) is 0 Å². The van der Waals surface area contributed by atoms with E-state index < -0.39 is 10.1 Å². The minimum atomic E-state index is -3.84. The summed E-state index contributed by atoms with van der Waals surface area (Å²) in [5, 5.41) is 0. The molecule has 0 spiro atoms.